The molecule has 0 aliphatic carbocycles. The normalized spacial score (nSPS) is 16.8. The topological polar surface area (TPSA) is 19.7 Å². The fourth-order valence-corrected chi connectivity index (χ4v) is 4.17. The number of likely N-dealkylation sites (tertiary alicyclic amines) is 1. The molecule has 1 aliphatic heterocycles. The molecule has 1 aliphatic rings. The summed E-state index contributed by atoms with van der Waals surface area (Å²) in [5, 5.41) is 4.49. The van der Waals surface area contributed by atoms with Crippen molar-refractivity contribution in [3.8, 4) is 0 Å². The van der Waals surface area contributed by atoms with E-state index in [4.69, 9.17) is 12.2 Å². The van der Waals surface area contributed by atoms with Crippen LogP contribution < -0.4 is 10.2 Å². The van der Waals surface area contributed by atoms with Crippen LogP contribution in [0, 0.1) is 5.92 Å². The number of para-hydroxylation sites is 1. The summed E-state index contributed by atoms with van der Waals surface area (Å²) in [7, 11) is 2.37. The summed E-state index contributed by atoms with van der Waals surface area (Å²) in [6, 6.07) is 7.36. The zero-order valence-electron chi connectivity index (χ0n) is 17.4. The molecule has 0 saturated carbocycles. The Hall–Kier alpha value is -1.13. The van der Waals surface area contributed by atoms with Gasteiger partial charge in [-0.25, -0.2) is 0 Å². The summed E-state index contributed by atoms with van der Waals surface area (Å²) >= 11 is 5.77. The van der Waals surface area contributed by atoms with Crippen LogP contribution in [0.2, 0.25) is 0 Å². The SMILES string of the molecule is CCc1cccc(CC)c1NC(=S)N1CCC([NH+](C)CCC(C)C)CC1. The molecule has 2 rings (SSSR count). The first-order valence-electron chi connectivity index (χ1n) is 10.4. The molecule has 2 N–H and O–H groups in total. The lowest BCUT2D eigenvalue weighted by molar-refractivity contribution is -0.907. The molecule has 0 aromatic heterocycles. The maximum atomic E-state index is 5.77. The van der Waals surface area contributed by atoms with Gasteiger partial charge >= 0.3 is 0 Å². The highest BCUT2D eigenvalue weighted by Gasteiger charge is 2.26. The second kappa shape index (κ2) is 10.3. The Bertz CT molecular complexity index is 555. The zero-order valence-corrected chi connectivity index (χ0v) is 18.2. The molecule has 1 aromatic carbocycles. The number of piperidine rings is 1. The molecule has 0 amide bonds. The first-order chi connectivity index (χ1) is 12.5. The quantitative estimate of drug-likeness (QED) is 0.710. The highest BCUT2D eigenvalue weighted by Crippen LogP contribution is 2.23. The van der Waals surface area contributed by atoms with Crippen LogP contribution in [-0.4, -0.2) is 42.7 Å². The van der Waals surface area contributed by atoms with Crippen LogP contribution in [0.1, 0.15) is 58.1 Å². The molecular weight excluding hydrogens is 338 g/mol. The Kier molecular flexibility index (Phi) is 8.36. The van der Waals surface area contributed by atoms with Crippen molar-refractivity contribution >= 4 is 23.0 Å². The lowest BCUT2D eigenvalue weighted by Gasteiger charge is -2.36. The average molecular weight is 377 g/mol. The van der Waals surface area contributed by atoms with E-state index in [1.807, 2.05) is 0 Å². The number of aryl methyl sites for hydroxylation is 2. The number of anilines is 1. The van der Waals surface area contributed by atoms with Gasteiger partial charge < -0.3 is 15.1 Å². The molecule has 4 heteroatoms. The molecule has 1 aromatic rings. The van der Waals surface area contributed by atoms with Crippen molar-refractivity contribution in [2.75, 3.05) is 32.0 Å². The monoisotopic (exact) mass is 376 g/mol. The minimum absolute atomic E-state index is 0.780. The summed E-state index contributed by atoms with van der Waals surface area (Å²) in [5.74, 6) is 0.799. The van der Waals surface area contributed by atoms with Gasteiger partial charge in [-0.05, 0) is 48.5 Å². The summed E-state index contributed by atoms with van der Waals surface area (Å²) < 4.78 is 0. The van der Waals surface area contributed by atoms with Crippen molar-refractivity contribution in [2.24, 2.45) is 5.92 Å². The molecule has 3 nitrogen and oxygen atoms in total. The van der Waals surface area contributed by atoms with Gasteiger partial charge in [0.25, 0.3) is 0 Å². The van der Waals surface area contributed by atoms with Crippen LogP contribution in [0.25, 0.3) is 0 Å². The van der Waals surface area contributed by atoms with Crippen molar-refractivity contribution in [1.82, 2.24) is 4.90 Å². The first kappa shape index (κ1) is 21.2. The predicted molar refractivity (Wildman–Crippen MR) is 117 cm³/mol. The van der Waals surface area contributed by atoms with Crippen LogP contribution in [-0.2, 0) is 12.8 Å². The van der Waals surface area contributed by atoms with E-state index in [1.54, 1.807) is 4.90 Å². The van der Waals surface area contributed by atoms with Gasteiger partial charge in [0, 0.05) is 31.6 Å². The maximum Gasteiger partial charge on any atom is 0.173 e. The van der Waals surface area contributed by atoms with Gasteiger partial charge in [-0.15, -0.1) is 0 Å². The summed E-state index contributed by atoms with van der Waals surface area (Å²) in [6.45, 7) is 12.5. The van der Waals surface area contributed by atoms with Crippen LogP contribution in [0.3, 0.4) is 0 Å². The number of hydrogen-bond donors (Lipinski definition) is 2. The highest BCUT2D eigenvalue weighted by atomic mass is 32.1. The Morgan fingerprint density at radius 2 is 1.77 bits per heavy atom. The number of hydrogen-bond acceptors (Lipinski definition) is 1. The number of rotatable bonds is 7. The molecule has 26 heavy (non-hydrogen) atoms. The van der Waals surface area contributed by atoms with Gasteiger partial charge in [-0.3, -0.25) is 0 Å². The van der Waals surface area contributed by atoms with Gasteiger partial charge in [0.15, 0.2) is 5.11 Å². The van der Waals surface area contributed by atoms with Crippen molar-refractivity contribution in [2.45, 2.75) is 65.8 Å². The zero-order chi connectivity index (χ0) is 19.1. The highest BCUT2D eigenvalue weighted by molar-refractivity contribution is 7.80. The van der Waals surface area contributed by atoms with Gasteiger partial charge in [-0.1, -0.05) is 45.9 Å². The minimum Gasteiger partial charge on any atom is -0.349 e. The standard InChI is InChI=1S/C22H37N3S/c1-6-18-9-8-10-19(7-2)21(18)23-22(26)25-15-12-20(13-16-25)24(5)14-11-17(3)4/h8-10,17,20H,6-7,11-16H2,1-5H3,(H,23,26)/p+1. The number of nitrogens with zero attached hydrogens (tertiary/aromatic N) is 1. The molecule has 0 bridgehead atoms. The van der Waals surface area contributed by atoms with Gasteiger partial charge in [-0.2, -0.15) is 0 Å². The van der Waals surface area contributed by atoms with Crippen molar-refractivity contribution in [3.05, 3.63) is 29.3 Å². The largest absolute Gasteiger partial charge is 0.349 e. The average Bonchev–Trinajstić information content (AvgIpc) is 2.66. The first-order valence-corrected chi connectivity index (χ1v) is 10.9. The fraction of sp³-hybridized carbons (Fsp3) is 0.682. The molecule has 1 saturated heterocycles. The van der Waals surface area contributed by atoms with E-state index in [1.165, 1.54) is 42.6 Å². The second-order valence-corrected chi connectivity index (χ2v) is 8.52. The van der Waals surface area contributed by atoms with E-state index < -0.39 is 0 Å². The number of thiocarbonyl (C=S) groups is 1. The third-order valence-corrected chi connectivity index (χ3v) is 6.19. The Balaban J connectivity index is 1.91. The van der Waals surface area contributed by atoms with E-state index in [9.17, 15) is 0 Å². The predicted octanol–water partition coefficient (Wildman–Crippen LogP) is 3.53. The maximum absolute atomic E-state index is 5.77. The lowest BCUT2D eigenvalue weighted by atomic mass is 10.0. The Morgan fingerprint density at radius 3 is 2.27 bits per heavy atom. The second-order valence-electron chi connectivity index (χ2n) is 8.13. The van der Waals surface area contributed by atoms with Crippen molar-refractivity contribution in [3.63, 3.8) is 0 Å². The van der Waals surface area contributed by atoms with E-state index >= 15 is 0 Å². The van der Waals surface area contributed by atoms with Crippen LogP contribution >= 0.6 is 12.2 Å². The smallest absolute Gasteiger partial charge is 0.173 e. The Morgan fingerprint density at radius 1 is 1.19 bits per heavy atom. The van der Waals surface area contributed by atoms with Gasteiger partial charge in [0.05, 0.1) is 19.6 Å². The van der Waals surface area contributed by atoms with Crippen molar-refractivity contribution < 1.29 is 4.90 Å². The van der Waals surface area contributed by atoms with E-state index in [0.29, 0.717) is 0 Å². The van der Waals surface area contributed by atoms with E-state index in [0.717, 1.165) is 43.0 Å². The van der Waals surface area contributed by atoms with Crippen LogP contribution in [0.4, 0.5) is 5.69 Å². The molecule has 1 unspecified atom stereocenters. The molecule has 0 radical (unpaired) electrons. The lowest BCUT2D eigenvalue weighted by Crippen LogP contribution is -3.13. The summed E-state index contributed by atoms with van der Waals surface area (Å²) in [4.78, 5) is 4.06. The molecule has 146 valence electrons. The minimum atomic E-state index is 0.780. The summed E-state index contributed by atoms with van der Waals surface area (Å²) in [5.41, 5.74) is 3.96. The van der Waals surface area contributed by atoms with E-state index in [2.05, 4.69) is 63.2 Å². The molecule has 0 spiro atoms. The van der Waals surface area contributed by atoms with Gasteiger partial charge in [0.2, 0.25) is 0 Å². The third-order valence-electron chi connectivity index (χ3n) is 5.83. The number of quaternary nitrogens is 1. The van der Waals surface area contributed by atoms with Crippen LogP contribution in [0.15, 0.2) is 18.2 Å². The number of benzene rings is 1. The van der Waals surface area contributed by atoms with Crippen LogP contribution in [0.5, 0.6) is 0 Å². The van der Waals surface area contributed by atoms with E-state index in [-0.39, 0.29) is 0 Å². The third kappa shape index (κ3) is 5.68. The molecule has 1 fully saturated rings. The molecule has 1 atom stereocenters. The molecular formula is C22H38N3S+. The fourth-order valence-electron chi connectivity index (χ4n) is 3.88. The van der Waals surface area contributed by atoms with Crippen molar-refractivity contribution in [1.29, 1.82) is 0 Å². The Labute approximate surface area is 166 Å². The molecule has 1 heterocycles. The summed E-state index contributed by atoms with van der Waals surface area (Å²) in [6.07, 6.45) is 5.86. The van der Waals surface area contributed by atoms with Gasteiger partial charge in [0.1, 0.15) is 0 Å². The number of nitrogens with one attached hydrogen (secondary N) is 2.